The lowest BCUT2D eigenvalue weighted by Crippen LogP contribution is -2.26. The van der Waals surface area contributed by atoms with Gasteiger partial charge in [-0.2, -0.15) is 5.10 Å². The van der Waals surface area contributed by atoms with Crippen LogP contribution in [0.2, 0.25) is 0 Å². The number of fused-ring (bicyclic) bond motifs is 1. The maximum Gasteiger partial charge on any atom is 0.297 e. The minimum Gasteiger partial charge on any atom is -0.368 e. The maximum atomic E-state index is 13.5. The van der Waals surface area contributed by atoms with E-state index in [4.69, 9.17) is 5.10 Å². The fourth-order valence-corrected chi connectivity index (χ4v) is 4.76. The number of hydrogen-bond acceptors (Lipinski definition) is 5. The summed E-state index contributed by atoms with van der Waals surface area (Å²) in [5, 5.41) is 9.18. The summed E-state index contributed by atoms with van der Waals surface area (Å²) in [6.45, 7) is 8.99. The van der Waals surface area contributed by atoms with E-state index in [9.17, 15) is 14.4 Å². The normalized spacial score (nSPS) is 13.5. The monoisotopic (exact) mass is 547 g/mol. The fourth-order valence-electron chi connectivity index (χ4n) is 4.76. The van der Waals surface area contributed by atoms with Crippen LogP contribution in [0, 0.1) is 6.92 Å². The van der Waals surface area contributed by atoms with Gasteiger partial charge in [-0.1, -0.05) is 68.8 Å². The van der Waals surface area contributed by atoms with E-state index in [1.807, 2.05) is 99.5 Å². The Hall–Kier alpha value is -4.85. The topological polar surface area (TPSA) is 96.7 Å². The zero-order valence-corrected chi connectivity index (χ0v) is 23.7. The maximum absolute atomic E-state index is 13.5. The van der Waals surface area contributed by atoms with Gasteiger partial charge in [-0.15, -0.1) is 0 Å². The van der Waals surface area contributed by atoms with Crippen molar-refractivity contribution in [2.24, 2.45) is 4.99 Å². The Labute approximate surface area is 239 Å². The van der Waals surface area contributed by atoms with Crippen LogP contribution < -0.4 is 5.32 Å². The van der Waals surface area contributed by atoms with Crippen molar-refractivity contribution in [3.8, 4) is 5.69 Å². The van der Waals surface area contributed by atoms with Crippen LogP contribution in [-0.4, -0.2) is 51.6 Å². The number of carbonyl (C=O) groups excluding carboxylic acids is 3. The van der Waals surface area contributed by atoms with Gasteiger partial charge >= 0.3 is 0 Å². The molecule has 0 unspecified atom stereocenters. The second kappa shape index (κ2) is 11.3. The molecular weight excluding hydrogens is 514 g/mol. The number of ketones is 1. The predicted octanol–water partition coefficient (Wildman–Crippen LogP) is 5.42. The van der Waals surface area contributed by atoms with E-state index >= 15 is 0 Å². The number of carbonyl (C=O) groups is 3. The summed E-state index contributed by atoms with van der Waals surface area (Å²) in [4.78, 5) is 44.5. The highest BCUT2D eigenvalue weighted by Gasteiger charge is 2.25. The summed E-state index contributed by atoms with van der Waals surface area (Å²) in [7, 11) is 0. The lowest BCUT2D eigenvalue weighted by Gasteiger charge is -2.18. The second-order valence-electron chi connectivity index (χ2n) is 11.2. The molecule has 2 heterocycles. The summed E-state index contributed by atoms with van der Waals surface area (Å²) < 4.78 is 1.67. The van der Waals surface area contributed by atoms with E-state index in [0.717, 1.165) is 27.9 Å². The third-order valence-corrected chi connectivity index (χ3v) is 7.07. The van der Waals surface area contributed by atoms with E-state index in [1.54, 1.807) is 16.8 Å². The van der Waals surface area contributed by atoms with Crippen molar-refractivity contribution in [1.82, 2.24) is 14.7 Å². The largest absolute Gasteiger partial charge is 0.368 e. The van der Waals surface area contributed by atoms with Crippen molar-refractivity contribution < 1.29 is 14.4 Å². The Bertz CT molecular complexity index is 1690. The van der Waals surface area contributed by atoms with Crippen LogP contribution in [0.5, 0.6) is 0 Å². The lowest BCUT2D eigenvalue weighted by atomic mass is 9.92. The van der Waals surface area contributed by atoms with Crippen molar-refractivity contribution in [1.29, 1.82) is 0 Å². The van der Waals surface area contributed by atoms with Gasteiger partial charge in [0, 0.05) is 36.0 Å². The van der Waals surface area contributed by atoms with Gasteiger partial charge in [-0.3, -0.25) is 14.4 Å². The Morgan fingerprint density at radius 1 is 0.976 bits per heavy atom. The van der Waals surface area contributed by atoms with Gasteiger partial charge in [-0.25, -0.2) is 9.67 Å². The van der Waals surface area contributed by atoms with Gasteiger partial charge < -0.3 is 10.2 Å². The van der Waals surface area contributed by atoms with E-state index in [2.05, 4.69) is 10.3 Å². The van der Waals surface area contributed by atoms with Gasteiger partial charge in [0.15, 0.2) is 0 Å². The van der Waals surface area contributed by atoms with Crippen molar-refractivity contribution in [3.05, 3.63) is 101 Å². The average molecular weight is 548 g/mol. The highest BCUT2D eigenvalue weighted by atomic mass is 16.2. The summed E-state index contributed by atoms with van der Waals surface area (Å²) in [6.07, 6.45) is 5.76. The molecule has 0 fully saturated rings. The molecule has 41 heavy (non-hydrogen) atoms. The molecule has 0 radical (unpaired) electrons. The molecule has 5 rings (SSSR count). The SMILES string of the molecule is Cc1ccc(-n2nc(C(C)(C)C)cc2NC(=O)C(=O)c2ccc(CCN3C=CC=NC(=O)C3)c3ccccc23)cc1. The first kappa shape index (κ1) is 27.7. The van der Waals surface area contributed by atoms with E-state index in [1.165, 1.54) is 6.21 Å². The molecule has 8 nitrogen and oxygen atoms in total. The number of aliphatic imine (C=N–C) groups is 1. The summed E-state index contributed by atoms with van der Waals surface area (Å²) in [6, 6.07) is 20.8. The Morgan fingerprint density at radius 3 is 2.44 bits per heavy atom. The summed E-state index contributed by atoms with van der Waals surface area (Å²) >= 11 is 0. The van der Waals surface area contributed by atoms with E-state index < -0.39 is 11.7 Å². The molecule has 0 saturated carbocycles. The molecule has 0 atom stereocenters. The van der Waals surface area contributed by atoms with Crippen LogP contribution in [0.1, 0.15) is 48.0 Å². The Morgan fingerprint density at radius 2 is 1.71 bits per heavy atom. The minimum absolute atomic E-state index is 0.190. The first-order chi connectivity index (χ1) is 19.6. The highest BCUT2D eigenvalue weighted by molar-refractivity contribution is 6.48. The molecule has 1 aliphatic rings. The fraction of sp³-hybridized carbons (Fsp3) is 0.242. The number of Topliss-reactive ketones (excluding diaryl/α,β-unsaturated/α-hetero) is 1. The molecular formula is C33H33N5O3. The van der Waals surface area contributed by atoms with Crippen molar-refractivity contribution in [2.75, 3.05) is 18.4 Å². The van der Waals surface area contributed by atoms with Crippen molar-refractivity contribution in [2.45, 2.75) is 39.5 Å². The molecule has 0 bridgehead atoms. The third-order valence-electron chi connectivity index (χ3n) is 7.07. The van der Waals surface area contributed by atoms with Crippen molar-refractivity contribution >= 4 is 40.4 Å². The number of benzene rings is 3. The molecule has 4 aromatic rings. The highest BCUT2D eigenvalue weighted by Crippen LogP contribution is 2.28. The molecule has 1 aromatic heterocycles. The molecule has 2 amide bonds. The predicted molar refractivity (Wildman–Crippen MR) is 162 cm³/mol. The molecule has 3 aromatic carbocycles. The number of aromatic nitrogens is 2. The number of aryl methyl sites for hydroxylation is 1. The quantitative estimate of drug-likeness (QED) is 0.246. The molecule has 0 aliphatic carbocycles. The molecule has 0 saturated heterocycles. The van der Waals surface area contributed by atoms with Crippen LogP contribution in [0.15, 0.2) is 84.0 Å². The van der Waals surface area contributed by atoms with Gasteiger partial charge in [0.2, 0.25) is 0 Å². The van der Waals surface area contributed by atoms with E-state index in [-0.39, 0.29) is 17.9 Å². The first-order valence-electron chi connectivity index (χ1n) is 13.6. The first-order valence-corrected chi connectivity index (χ1v) is 13.6. The molecule has 1 aliphatic heterocycles. The van der Waals surface area contributed by atoms with Crippen LogP contribution in [0.3, 0.4) is 0 Å². The van der Waals surface area contributed by atoms with Crippen LogP contribution >= 0.6 is 0 Å². The molecule has 208 valence electrons. The number of anilines is 1. The standard InChI is InChI=1S/C33H33N5O3/c1-22-10-13-24(14-11-22)38-29(20-28(36-38)33(2,3)4)35-32(41)31(40)27-15-12-23(25-8-5-6-9-26(25)27)16-19-37-18-7-17-34-30(39)21-37/h5-15,17-18,20H,16,19,21H2,1-4H3,(H,35,41). The molecule has 1 N–H and O–H groups in total. The number of nitrogens with one attached hydrogen (secondary N) is 1. The van der Waals surface area contributed by atoms with Gasteiger partial charge in [-0.05, 0) is 54.0 Å². The zero-order chi connectivity index (χ0) is 29.1. The minimum atomic E-state index is -0.732. The van der Waals surface area contributed by atoms with Gasteiger partial charge in [0.1, 0.15) is 5.82 Å². The number of allylic oxidation sites excluding steroid dienone is 1. The van der Waals surface area contributed by atoms with Crippen LogP contribution in [0.25, 0.3) is 16.5 Å². The van der Waals surface area contributed by atoms with Crippen LogP contribution in [0.4, 0.5) is 5.82 Å². The van der Waals surface area contributed by atoms with Gasteiger partial charge in [0.25, 0.3) is 17.6 Å². The Balaban J connectivity index is 1.41. The van der Waals surface area contributed by atoms with Crippen molar-refractivity contribution in [3.63, 3.8) is 0 Å². The smallest absolute Gasteiger partial charge is 0.297 e. The number of amides is 2. The third kappa shape index (κ3) is 6.17. The number of hydrogen-bond donors (Lipinski definition) is 1. The summed E-state index contributed by atoms with van der Waals surface area (Å²) in [5.41, 5.74) is 3.79. The number of rotatable bonds is 7. The van der Waals surface area contributed by atoms with Gasteiger partial charge in [0.05, 0.1) is 17.9 Å². The molecule has 0 spiro atoms. The average Bonchev–Trinajstić information content (AvgIpc) is 3.26. The zero-order valence-electron chi connectivity index (χ0n) is 23.7. The number of nitrogens with zero attached hydrogens (tertiary/aromatic N) is 4. The lowest BCUT2D eigenvalue weighted by molar-refractivity contribution is -0.118. The summed E-state index contributed by atoms with van der Waals surface area (Å²) in [5.74, 6) is -1.11. The second-order valence-corrected chi connectivity index (χ2v) is 11.2. The molecule has 8 heteroatoms. The Kier molecular flexibility index (Phi) is 7.66. The van der Waals surface area contributed by atoms with E-state index in [0.29, 0.717) is 29.7 Å². The van der Waals surface area contributed by atoms with Crippen LogP contribution in [-0.2, 0) is 21.4 Å².